The smallest absolute Gasteiger partial charge is 0.381 e. The lowest BCUT2D eigenvalue weighted by atomic mass is 9.94. The third-order valence-electron chi connectivity index (χ3n) is 4.27. The highest BCUT2D eigenvalue weighted by Crippen LogP contribution is 2.36. The van der Waals surface area contributed by atoms with Crippen molar-refractivity contribution in [1.29, 1.82) is 0 Å². The van der Waals surface area contributed by atoms with Crippen molar-refractivity contribution in [3.8, 4) is 0 Å². The third kappa shape index (κ3) is 2.74. The van der Waals surface area contributed by atoms with Gasteiger partial charge in [0.1, 0.15) is 0 Å². The van der Waals surface area contributed by atoms with E-state index in [1.165, 1.54) is 6.07 Å². The molecule has 3 unspecified atom stereocenters. The van der Waals surface area contributed by atoms with Crippen LogP contribution in [0.1, 0.15) is 18.4 Å². The van der Waals surface area contributed by atoms with Gasteiger partial charge in [0, 0.05) is 19.1 Å². The van der Waals surface area contributed by atoms with Crippen molar-refractivity contribution in [2.45, 2.75) is 25.1 Å². The minimum absolute atomic E-state index is 0.217. The summed E-state index contributed by atoms with van der Waals surface area (Å²) in [5, 5.41) is 3.58. The summed E-state index contributed by atoms with van der Waals surface area (Å²) >= 11 is 6.03. The van der Waals surface area contributed by atoms with Crippen molar-refractivity contribution in [3.63, 3.8) is 0 Å². The molecule has 2 nitrogen and oxygen atoms in total. The molecule has 0 aromatic heterocycles. The molecule has 110 valence electrons. The SMILES string of the molecule is FC(F)(F)c1ccc(Cl)c(NC2CCN3CCC2C3)c1. The number of nitrogens with zero attached hydrogens (tertiary/aromatic N) is 1. The molecule has 0 spiro atoms. The van der Waals surface area contributed by atoms with Gasteiger partial charge in [0.05, 0.1) is 16.3 Å². The molecule has 2 aliphatic heterocycles. The van der Waals surface area contributed by atoms with E-state index in [1.54, 1.807) is 0 Å². The van der Waals surface area contributed by atoms with Crippen LogP contribution in [-0.2, 0) is 6.18 Å². The fourth-order valence-corrected chi connectivity index (χ4v) is 3.33. The normalized spacial score (nSPS) is 29.5. The molecule has 20 heavy (non-hydrogen) atoms. The van der Waals surface area contributed by atoms with Crippen LogP contribution in [0.15, 0.2) is 18.2 Å². The zero-order valence-corrected chi connectivity index (χ0v) is 11.6. The van der Waals surface area contributed by atoms with Crippen LogP contribution in [0.2, 0.25) is 5.02 Å². The number of rotatable bonds is 2. The van der Waals surface area contributed by atoms with Crippen LogP contribution in [0.25, 0.3) is 0 Å². The summed E-state index contributed by atoms with van der Waals surface area (Å²) in [6, 6.07) is 3.67. The highest BCUT2D eigenvalue weighted by atomic mass is 35.5. The van der Waals surface area contributed by atoms with Crippen LogP contribution < -0.4 is 5.32 Å². The van der Waals surface area contributed by atoms with Crippen LogP contribution in [0.3, 0.4) is 0 Å². The molecule has 6 heteroatoms. The molecule has 0 radical (unpaired) electrons. The summed E-state index contributed by atoms with van der Waals surface area (Å²) in [5.41, 5.74) is -0.264. The zero-order chi connectivity index (χ0) is 14.3. The molecule has 2 fully saturated rings. The van der Waals surface area contributed by atoms with Gasteiger partial charge in [-0.25, -0.2) is 0 Å². The maximum Gasteiger partial charge on any atom is 0.416 e. The van der Waals surface area contributed by atoms with Gasteiger partial charge in [-0.2, -0.15) is 13.2 Å². The molecule has 3 atom stereocenters. The number of piperidine rings is 1. The molecule has 2 bridgehead atoms. The lowest BCUT2D eigenvalue weighted by Crippen LogP contribution is -2.39. The molecule has 2 heterocycles. The van der Waals surface area contributed by atoms with Gasteiger partial charge >= 0.3 is 6.18 Å². The minimum atomic E-state index is -4.34. The number of alkyl halides is 3. The van der Waals surface area contributed by atoms with Crippen LogP contribution in [0.5, 0.6) is 0 Å². The maximum atomic E-state index is 12.8. The standard InChI is InChI=1S/C14H16ClF3N2/c15-11-2-1-10(14(16,17)18)7-13(11)19-12-4-6-20-5-3-9(12)8-20/h1-2,7,9,12,19H,3-6,8H2. The Bertz CT molecular complexity index is 504. The summed E-state index contributed by atoms with van der Waals surface area (Å²) in [6.45, 7) is 3.14. The van der Waals surface area contributed by atoms with E-state index in [1.807, 2.05) is 0 Å². The fraction of sp³-hybridized carbons (Fsp3) is 0.571. The predicted molar refractivity (Wildman–Crippen MR) is 73.0 cm³/mol. The Kier molecular flexibility index (Phi) is 3.58. The van der Waals surface area contributed by atoms with Crippen molar-refractivity contribution in [3.05, 3.63) is 28.8 Å². The minimum Gasteiger partial charge on any atom is -0.381 e. The molecule has 1 aromatic rings. The molecule has 1 N–H and O–H groups in total. The van der Waals surface area contributed by atoms with E-state index in [-0.39, 0.29) is 6.04 Å². The van der Waals surface area contributed by atoms with Gasteiger partial charge in [0.15, 0.2) is 0 Å². The fourth-order valence-electron chi connectivity index (χ4n) is 3.15. The Balaban J connectivity index is 1.79. The molecule has 2 aliphatic rings. The second-order valence-corrected chi connectivity index (χ2v) is 5.99. The number of hydrogen-bond acceptors (Lipinski definition) is 2. The third-order valence-corrected chi connectivity index (χ3v) is 4.60. The lowest BCUT2D eigenvalue weighted by Gasteiger charge is -2.32. The molecule has 3 rings (SSSR count). The molecule has 2 saturated heterocycles. The number of benzene rings is 1. The van der Waals surface area contributed by atoms with Gasteiger partial charge in [-0.1, -0.05) is 11.6 Å². The van der Waals surface area contributed by atoms with Gasteiger partial charge in [-0.15, -0.1) is 0 Å². The van der Waals surface area contributed by atoms with Crippen molar-refractivity contribution < 1.29 is 13.2 Å². The van der Waals surface area contributed by atoms with E-state index < -0.39 is 11.7 Å². The van der Waals surface area contributed by atoms with Crippen molar-refractivity contribution in [2.24, 2.45) is 5.92 Å². The number of fused-ring (bicyclic) bond motifs is 2. The second-order valence-electron chi connectivity index (χ2n) is 5.58. The first-order valence-corrected chi connectivity index (χ1v) is 7.17. The molecular formula is C14H16ClF3N2. The Morgan fingerprint density at radius 1 is 1.20 bits per heavy atom. The van der Waals surface area contributed by atoms with E-state index >= 15 is 0 Å². The average molecular weight is 305 g/mol. The van der Waals surface area contributed by atoms with Crippen LogP contribution >= 0.6 is 11.6 Å². The van der Waals surface area contributed by atoms with E-state index in [9.17, 15) is 13.2 Å². The van der Waals surface area contributed by atoms with Gasteiger partial charge in [-0.05, 0) is 43.5 Å². The van der Waals surface area contributed by atoms with Crippen molar-refractivity contribution in [2.75, 3.05) is 25.0 Å². The lowest BCUT2D eigenvalue weighted by molar-refractivity contribution is -0.137. The van der Waals surface area contributed by atoms with Crippen LogP contribution in [0.4, 0.5) is 18.9 Å². The first kappa shape index (κ1) is 14.0. The quantitative estimate of drug-likeness (QED) is 0.892. The zero-order valence-electron chi connectivity index (χ0n) is 10.9. The molecule has 0 amide bonds. The van der Waals surface area contributed by atoms with Gasteiger partial charge in [-0.3, -0.25) is 0 Å². The van der Waals surface area contributed by atoms with Crippen molar-refractivity contribution in [1.82, 2.24) is 4.90 Å². The number of anilines is 1. The van der Waals surface area contributed by atoms with E-state index in [2.05, 4.69) is 10.2 Å². The van der Waals surface area contributed by atoms with Crippen LogP contribution in [-0.4, -0.2) is 30.6 Å². The first-order chi connectivity index (χ1) is 9.43. The summed E-state index contributed by atoms with van der Waals surface area (Å²) in [6.07, 6.45) is -2.27. The Hall–Kier alpha value is -0.940. The molecule has 0 aliphatic carbocycles. The first-order valence-electron chi connectivity index (χ1n) is 6.79. The molecular weight excluding hydrogens is 289 g/mol. The Morgan fingerprint density at radius 2 is 1.95 bits per heavy atom. The average Bonchev–Trinajstić information content (AvgIpc) is 2.77. The van der Waals surface area contributed by atoms with Gasteiger partial charge < -0.3 is 10.2 Å². The Labute approximate surface area is 120 Å². The monoisotopic (exact) mass is 304 g/mol. The summed E-state index contributed by atoms with van der Waals surface area (Å²) in [4.78, 5) is 2.40. The number of hydrogen-bond donors (Lipinski definition) is 1. The summed E-state index contributed by atoms with van der Waals surface area (Å²) < 4.78 is 38.3. The number of nitrogens with one attached hydrogen (secondary N) is 1. The summed E-state index contributed by atoms with van der Waals surface area (Å²) in [7, 11) is 0. The molecule has 0 saturated carbocycles. The topological polar surface area (TPSA) is 15.3 Å². The van der Waals surface area contributed by atoms with Gasteiger partial charge in [0.25, 0.3) is 0 Å². The van der Waals surface area contributed by atoms with Crippen molar-refractivity contribution >= 4 is 17.3 Å². The van der Waals surface area contributed by atoms with E-state index in [0.717, 1.165) is 44.6 Å². The van der Waals surface area contributed by atoms with E-state index in [0.29, 0.717) is 16.6 Å². The molecule has 1 aromatic carbocycles. The summed E-state index contributed by atoms with van der Waals surface area (Å²) in [5.74, 6) is 0.509. The highest BCUT2D eigenvalue weighted by molar-refractivity contribution is 6.33. The van der Waals surface area contributed by atoms with Crippen LogP contribution in [0, 0.1) is 5.92 Å². The largest absolute Gasteiger partial charge is 0.416 e. The highest BCUT2D eigenvalue weighted by Gasteiger charge is 2.35. The van der Waals surface area contributed by atoms with Gasteiger partial charge in [0.2, 0.25) is 0 Å². The maximum absolute atomic E-state index is 12.8. The number of halogens is 4. The van der Waals surface area contributed by atoms with E-state index in [4.69, 9.17) is 11.6 Å². The Morgan fingerprint density at radius 3 is 2.70 bits per heavy atom. The second kappa shape index (κ2) is 5.11. The predicted octanol–water partition coefficient (Wildman–Crippen LogP) is 3.86.